The summed E-state index contributed by atoms with van der Waals surface area (Å²) in [6, 6.07) is 8.21. The Kier molecular flexibility index (Phi) is 3.23. The van der Waals surface area contributed by atoms with Crippen molar-refractivity contribution < 1.29 is 13.7 Å². The van der Waals surface area contributed by atoms with Gasteiger partial charge in [-0.2, -0.15) is 10.1 Å². The number of nitrogens with zero attached hydrogens (tertiary/aromatic N) is 3. The van der Waals surface area contributed by atoms with Crippen molar-refractivity contribution in [1.82, 2.24) is 20.3 Å². The van der Waals surface area contributed by atoms with E-state index in [2.05, 4.69) is 20.3 Å². The van der Waals surface area contributed by atoms with Crippen LogP contribution in [0, 0.1) is 12.7 Å². The molecule has 1 aliphatic rings. The lowest BCUT2D eigenvalue weighted by Gasteiger charge is -2.23. The van der Waals surface area contributed by atoms with Crippen LogP contribution in [-0.2, 0) is 10.2 Å². The number of hydrogen-bond acceptors (Lipinski definition) is 5. The summed E-state index contributed by atoms with van der Waals surface area (Å²) in [6.07, 6.45) is 0.719. The van der Waals surface area contributed by atoms with Gasteiger partial charge in [0.25, 0.3) is 5.89 Å². The van der Waals surface area contributed by atoms with Gasteiger partial charge in [0, 0.05) is 12.3 Å². The van der Waals surface area contributed by atoms with Crippen LogP contribution in [0.4, 0.5) is 4.39 Å². The van der Waals surface area contributed by atoms with E-state index in [-0.39, 0.29) is 5.82 Å². The first kappa shape index (κ1) is 14.1. The Morgan fingerprint density at radius 3 is 2.74 bits per heavy atom. The molecule has 1 aliphatic heterocycles. The highest BCUT2D eigenvalue weighted by atomic mass is 19.1. The van der Waals surface area contributed by atoms with Gasteiger partial charge in [0.15, 0.2) is 11.5 Å². The molecule has 3 aromatic rings. The highest BCUT2D eigenvalue weighted by Crippen LogP contribution is 2.38. The fourth-order valence-electron chi connectivity index (χ4n) is 2.92. The van der Waals surface area contributed by atoms with Crippen LogP contribution < -0.4 is 0 Å². The van der Waals surface area contributed by atoms with Crippen LogP contribution in [0.1, 0.15) is 23.5 Å². The van der Waals surface area contributed by atoms with Gasteiger partial charge in [-0.1, -0.05) is 17.3 Å². The lowest BCUT2D eigenvalue weighted by molar-refractivity contribution is 0.182. The molecule has 4 rings (SSSR count). The third-order valence-corrected chi connectivity index (χ3v) is 4.20. The highest BCUT2D eigenvalue weighted by molar-refractivity contribution is 5.47. The summed E-state index contributed by atoms with van der Waals surface area (Å²) < 4.78 is 24.2. The molecule has 0 spiro atoms. The number of H-pyrrole nitrogens is 1. The average Bonchev–Trinajstić information content (AvgIpc) is 3.27. The van der Waals surface area contributed by atoms with Crippen LogP contribution in [0.2, 0.25) is 0 Å². The first-order valence-corrected chi connectivity index (χ1v) is 7.38. The summed E-state index contributed by atoms with van der Waals surface area (Å²) in [5.41, 5.74) is 1.93. The van der Waals surface area contributed by atoms with E-state index in [4.69, 9.17) is 9.26 Å². The number of halogens is 1. The smallest absolute Gasteiger partial charge is 0.278 e. The monoisotopic (exact) mass is 314 g/mol. The van der Waals surface area contributed by atoms with Crippen LogP contribution in [-0.4, -0.2) is 33.6 Å². The summed E-state index contributed by atoms with van der Waals surface area (Å²) in [7, 11) is 0. The molecule has 1 N–H and O–H groups in total. The maximum absolute atomic E-state index is 13.2. The topological polar surface area (TPSA) is 76.8 Å². The summed E-state index contributed by atoms with van der Waals surface area (Å²) >= 11 is 0. The zero-order valence-corrected chi connectivity index (χ0v) is 12.5. The van der Waals surface area contributed by atoms with Crippen molar-refractivity contribution in [3.05, 3.63) is 53.2 Å². The molecule has 1 fully saturated rings. The molecule has 3 heterocycles. The summed E-state index contributed by atoms with van der Waals surface area (Å²) in [5.74, 6) is 0.624. The Morgan fingerprint density at radius 2 is 2.09 bits per heavy atom. The molecule has 1 saturated heterocycles. The molecule has 0 aliphatic carbocycles. The maximum atomic E-state index is 13.2. The third kappa shape index (κ3) is 2.33. The molecule has 0 radical (unpaired) electrons. The number of aryl methyl sites for hydroxylation is 1. The van der Waals surface area contributed by atoms with E-state index in [1.54, 1.807) is 12.1 Å². The largest absolute Gasteiger partial charge is 0.380 e. The van der Waals surface area contributed by atoms with Gasteiger partial charge < -0.3 is 9.26 Å². The van der Waals surface area contributed by atoms with Gasteiger partial charge in [0.05, 0.1) is 12.0 Å². The van der Waals surface area contributed by atoms with E-state index < -0.39 is 5.41 Å². The van der Waals surface area contributed by atoms with Crippen molar-refractivity contribution in [3.63, 3.8) is 0 Å². The van der Waals surface area contributed by atoms with Crippen molar-refractivity contribution in [2.45, 2.75) is 18.8 Å². The lowest BCUT2D eigenvalue weighted by Crippen LogP contribution is -2.29. The molecule has 6 nitrogen and oxygen atoms in total. The first-order valence-electron chi connectivity index (χ1n) is 7.38. The molecule has 1 atom stereocenters. The second kappa shape index (κ2) is 5.27. The third-order valence-electron chi connectivity index (χ3n) is 4.20. The predicted molar refractivity (Wildman–Crippen MR) is 79.2 cm³/mol. The Hall–Kier alpha value is -2.54. The molecule has 2 aromatic heterocycles. The standard InChI is InChI=1S/C16H15FN4O2/c1-10-8-13(20-19-10)14-18-15(21-23-14)16(6-7-22-9-16)11-2-4-12(17)5-3-11/h2-5,8H,6-7,9H2,1H3,(H,19,20)/t16-/m0/s1. The van der Waals surface area contributed by atoms with E-state index in [0.29, 0.717) is 30.6 Å². The molecule has 0 unspecified atom stereocenters. The van der Waals surface area contributed by atoms with Crippen LogP contribution >= 0.6 is 0 Å². The quantitative estimate of drug-likeness (QED) is 0.804. The van der Waals surface area contributed by atoms with Gasteiger partial charge in [-0.15, -0.1) is 0 Å². The van der Waals surface area contributed by atoms with Gasteiger partial charge in [0.1, 0.15) is 5.82 Å². The number of aromatic nitrogens is 4. The summed E-state index contributed by atoms with van der Waals surface area (Å²) in [4.78, 5) is 4.51. The van der Waals surface area contributed by atoms with Gasteiger partial charge in [-0.25, -0.2) is 4.39 Å². The number of ether oxygens (including phenoxy) is 1. The first-order chi connectivity index (χ1) is 11.2. The van der Waals surface area contributed by atoms with Crippen molar-refractivity contribution in [1.29, 1.82) is 0 Å². The van der Waals surface area contributed by atoms with E-state index in [0.717, 1.165) is 17.7 Å². The van der Waals surface area contributed by atoms with Crippen LogP contribution in [0.15, 0.2) is 34.9 Å². The van der Waals surface area contributed by atoms with Gasteiger partial charge in [-0.3, -0.25) is 5.10 Å². The SMILES string of the molecule is Cc1cc(-c2nc([C@@]3(c4ccc(F)cc4)CCOC3)no2)n[nH]1. The predicted octanol–water partition coefficient (Wildman–Crippen LogP) is 2.61. The number of hydrogen-bond donors (Lipinski definition) is 1. The molecule has 0 bridgehead atoms. The number of rotatable bonds is 3. The number of aromatic amines is 1. The maximum Gasteiger partial charge on any atom is 0.278 e. The second-order valence-corrected chi connectivity index (χ2v) is 5.75. The molecule has 23 heavy (non-hydrogen) atoms. The molecular weight excluding hydrogens is 299 g/mol. The average molecular weight is 314 g/mol. The zero-order valence-electron chi connectivity index (χ0n) is 12.5. The van der Waals surface area contributed by atoms with Crippen molar-refractivity contribution in [2.24, 2.45) is 0 Å². The minimum atomic E-state index is -0.513. The Bertz CT molecular complexity index is 819. The van der Waals surface area contributed by atoms with E-state index in [9.17, 15) is 4.39 Å². The minimum Gasteiger partial charge on any atom is -0.380 e. The van der Waals surface area contributed by atoms with E-state index in [1.165, 1.54) is 12.1 Å². The Balaban J connectivity index is 1.76. The van der Waals surface area contributed by atoms with Gasteiger partial charge >= 0.3 is 0 Å². The van der Waals surface area contributed by atoms with Crippen molar-refractivity contribution >= 4 is 0 Å². The highest BCUT2D eigenvalue weighted by Gasteiger charge is 2.43. The van der Waals surface area contributed by atoms with Crippen LogP contribution in [0.25, 0.3) is 11.6 Å². The van der Waals surface area contributed by atoms with Crippen LogP contribution in [0.3, 0.4) is 0 Å². The normalized spacial score (nSPS) is 21.0. The molecule has 0 saturated carbocycles. The summed E-state index contributed by atoms with van der Waals surface area (Å²) in [5, 5.41) is 11.1. The number of benzene rings is 1. The lowest BCUT2D eigenvalue weighted by atomic mass is 9.79. The van der Waals surface area contributed by atoms with Gasteiger partial charge in [0.2, 0.25) is 0 Å². The van der Waals surface area contributed by atoms with E-state index in [1.807, 2.05) is 13.0 Å². The molecule has 0 amide bonds. The zero-order chi connectivity index (χ0) is 15.9. The Labute approximate surface area is 131 Å². The van der Waals surface area contributed by atoms with Crippen molar-refractivity contribution in [2.75, 3.05) is 13.2 Å². The number of nitrogens with one attached hydrogen (secondary N) is 1. The minimum absolute atomic E-state index is 0.274. The fraction of sp³-hybridized carbons (Fsp3) is 0.312. The van der Waals surface area contributed by atoms with Crippen LogP contribution in [0.5, 0.6) is 0 Å². The Morgan fingerprint density at radius 1 is 1.26 bits per heavy atom. The molecular formula is C16H15FN4O2. The molecule has 7 heteroatoms. The van der Waals surface area contributed by atoms with Gasteiger partial charge in [-0.05, 0) is 37.1 Å². The van der Waals surface area contributed by atoms with Crippen molar-refractivity contribution in [3.8, 4) is 11.6 Å². The fourth-order valence-corrected chi connectivity index (χ4v) is 2.92. The van der Waals surface area contributed by atoms with E-state index >= 15 is 0 Å². The summed E-state index contributed by atoms with van der Waals surface area (Å²) in [6.45, 7) is 2.94. The molecule has 1 aromatic carbocycles. The second-order valence-electron chi connectivity index (χ2n) is 5.75. The molecule has 118 valence electrons.